The number of piperazine rings is 1. The predicted octanol–water partition coefficient (Wildman–Crippen LogP) is 0.356. The van der Waals surface area contributed by atoms with Gasteiger partial charge in [-0.15, -0.1) is 0 Å². The molecule has 7 heteroatoms. The number of aromatic amines is 1. The molecular formula is C12H15N5O2. The first-order valence-corrected chi connectivity index (χ1v) is 6.23. The Morgan fingerprint density at radius 1 is 1.37 bits per heavy atom. The van der Waals surface area contributed by atoms with Crippen molar-refractivity contribution in [2.75, 3.05) is 26.2 Å². The lowest BCUT2D eigenvalue weighted by Gasteiger charge is -2.33. The topological polar surface area (TPSA) is 78.3 Å². The first-order valence-electron chi connectivity index (χ1n) is 6.23. The Bertz CT molecular complexity index is 514. The third-order valence-electron chi connectivity index (χ3n) is 3.25. The molecule has 0 saturated carbocycles. The van der Waals surface area contributed by atoms with Gasteiger partial charge in [-0.2, -0.15) is 15.4 Å². The highest BCUT2D eigenvalue weighted by atomic mass is 16.3. The van der Waals surface area contributed by atoms with Crippen molar-refractivity contribution in [3.8, 4) is 0 Å². The molecule has 0 atom stereocenters. The summed E-state index contributed by atoms with van der Waals surface area (Å²) in [5.41, 5.74) is 0.375. The van der Waals surface area contributed by atoms with E-state index in [4.69, 9.17) is 4.42 Å². The lowest BCUT2D eigenvalue weighted by Crippen LogP contribution is -2.48. The third-order valence-corrected chi connectivity index (χ3v) is 3.25. The molecular weight excluding hydrogens is 246 g/mol. The molecule has 1 aliphatic rings. The Hall–Kier alpha value is -2.15. The van der Waals surface area contributed by atoms with Crippen molar-refractivity contribution in [3.63, 3.8) is 0 Å². The molecule has 0 aliphatic carbocycles. The molecule has 0 radical (unpaired) electrons. The fourth-order valence-electron chi connectivity index (χ4n) is 2.20. The van der Waals surface area contributed by atoms with Crippen LogP contribution in [0.5, 0.6) is 0 Å². The van der Waals surface area contributed by atoms with Gasteiger partial charge < -0.3 is 9.32 Å². The van der Waals surface area contributed by atoms with E-state index in [-0.39, 0.29) is 5.91 Å². The summed E-state index contributed by atoms with van der Waals surface area (Å²) < 4.78 is 5.32. The minimum Gasteiger partial charge on any atom is -0.468 e. The van der Waals surface area contributed by atoms with Gasteiger partial charge in [-0.1, -0.05) is 0 Å². The fourth-order valence-corrected chi connectivity index (χ4v) is 2.20. The summed E-state index contributed by atoms with van der Waals surface area (Å²) in [6.45, 7) is 3.87. The second kappa shape index (κ2) is 5.23. The molecule has 1 amide bonds. The minimum atomic E-state index is -0.0635. The Morgan fingerprint density at radius 2 is 2.21 bits per heavy atom. The van der Waals surface area contributed by atoms with Gasteiger partial charge in [0.2, 0.25) is 0 Å². The highest BCUT2D eigenvalue weighted by molar-refractivity contribution is 5.91. The molecule has 0 unspecified atom stereocenters. The van der Waals surface area contributed by atoms with Gasteiger partial charge >= 0.3 is 0 Å². The van der Waals surface area contributed by atoms with E-state index in [2.05, 4.69) is 20.3 Å². The van der Waals surface area contributed by atoms with Crippen LogP contribution in [0.2, 0.25) is 0 Å². The maximum atomic E-state index is 12.1. The van der Waals surface area contributed by atoms with Crippen LogP contribution in [0.15, 0.2) is 29.0 Å². The Labute approximate surface area is 110 Å². The lowest BCUT2D eigenvalue weighted by atomic mass is 10.2. The number of rotatable bonds is 3. The van der Waals surface area contributed by atoms with Gasteiger partial charge in [-0.3, -0.25) is 9.69 Å². The smallest absolute Gasteiger partial charge is 0.276 e. The van der Waals surface area contributed by atoms with Gasteiger partial charge in [0.15, 0.2) is 5.69 Å². The molecule has 0 bridgehead atoms. The first-order chi connectivity index (χ1) is 9.33. The standard InChI is InChI=1S/C12H15N5O2/c18-12(11-8-13-15-14-11)17-5-3-16(4-6-17)9-10-2-1-7-19-10/h1-2,7-8H,3-6,9H2,(H,13,14,15). The molecule has 19 heavy (non-hydrogen) atoms. The molecule has 3 heterocycles. The number of hydrogen-bond acceptors (Lipinski definition) is 5. The van der Waals surface area contributed by atoms with E-state index in [9.17, 15) is 4.79 Å². The zero-order valence-electron chi connectivity index (χ0n) is 10.5. The van der Waals surface area contributed by atoms with E-state index < -0.39 is 0 Å². The van der Waals surface area contributed by atoms with Gasteiger partial charge in [-0.25, -0.2) is 0 Å². The summed E-state index contributed by atoms with van der Waals surface area (Å²) in [6, 6.07) is 3.85. The maximum absolute atomic E-state index is 12.1. The Kier molecular flexibility index (Phi) is 3.28. The minimum absolute atomic E-state index is 0.0635. The Morgan fingerprint density at radius 3 is 2.84 bits per heavy atom. The first kappa shape index (κ1) is 11.9. The largest absolute Gasteiger partial charge is 0.468 e. The van der Waals surface area contributed by atoms with E-state index in [1.54, 1.807) is 11.2 Å². The van der Waals surface area contributed by atoms with Crippen molar-refractivity contribution in [1.29, 1.82) is 0 Å². The molecule has 0 aromatic carbocycles. The van der Waals surface area contributed by atoms with Crippen LogP contribution in [0.25, 0.3) is 0 Å². The lowest BCUT2D eigenvalue weighted by molar-refractivity contribution is 0.0614. The normalized spacial score (nSPS) is 16.7. The van der Waals surface area contributed by atoms with E-state index >= 15 is 0 Å². The van der Waals surface area contributed by atoms with Gasteiger partial charge in [0.25, 0.3) is 5.91 Å². The molecule has 2 aromatic rings. The molecule has 1 N–H and O–H groups in total. The van der Waals surface area contributed by atoms with Crippen LogP contribution in [0.4, 0.5) is 0 Å². The number of hydrogen-bond donors (Lipinski definition) is 1. The molecule has 100 valence electrons. The summed E-state index contributed by atoms with van der Waals surface area (Å²) >= 11 is 0. The fraction of sp³-hybridized carbons (Fsp3) is 0.417. The zero-order chi connectivity index (χ0) is 13.1. The van der Waals surface area contributed by atoms with Crippen molar-refractivity contribution < 1.29 is 9.21 Å². The van der Waals surface area contributed by atoms with E-state index in [0.29, 0.717) is 18.8 Å². The number of amides is 1. The molecule has 1 aliphatic heterocycles. The monoisotopic (exact) mass is 261 g/mol. The van der Waals surface area contributed by atoms with E-state index in [1.807, 2.05) is 12.1 Å². The van der Waals surface area contributed by atoms with Crippen molar-refractivity contribution in [3.05, 3.63) is 36.0 Å². The molecule has 1 saturated heterocycles. The predicted molar refractivity (Wildman–Crippen MR) is 66.3 cm³/mol. The summed E-state index contributed by atoms with van der Waals surface area (Å²) in [6.07, 6.45) is 3.14. The number of H-pyrrole nitrogens is 1. The van der Waals surface area contributed by atoms with Crippen molar-refractivity contribution in [1.82, 2.24) is 25.2 Å². The molecule has 2 aromatic heterocycles. The van der Waals surface area contributed by atoms with Gasteiger partial charge in [0.05, 0.1) is 19.0 Å². The molecule has 3 rings (SSSR count). The van der Waals surface area contributed by atoms with Crippen LogP contribution in [0.3, 0.4) is 0 Å². The van der Waals surface area contributed by atoms with Crippen LogP contribution in [-0.2, 0) is 6.54 Å². The van der Waals surface area contributed by atoms with E-state index in [0.717, 1.165) is 25.4 Å². The molecule has 7 nitrogen and oxygen atoms in total. The summed E-state index contributed by atoms with van der Waals surface area (Å²) in [5.74, 6) is 0.891. The average Bonchev–Trinajstić information content (AvgIpc) is 3.12. The van der Waals surface area contributed by atoms with Crippen LogP contribution >= 0.6 is 0 Å². The second-order valence-corrected chi connectivity index (χ2v) is 4.50. The Balaban J connectivity index is 1.53. The van der Waals surface area contributed by atoms with Crippen molar-refractivity contribution in [2.45, 2.75) is 6.54 Å². The zero-order valence-corrected chi connectivity index (χ0v) is 10.5. The van der Waals surface area contributed by atoms with Crippen molar-refractivity contribution >= 4 is 5.91 Å². The number of carbonyl (C=O) groups excluding carboxylic acids is 1. The maximum Gasteiger partial charge on any atom is 0.276 e. The van der Waals surface area contributed by atoms with Crippen LogP contribution in [-0.4, -0.2) is 57.3 Å². The third kappa shape index (κ3) is 2.65. The summed E-state index contributed by atoms with van der Waals surface area (Å²) in [4.78, 5) is 16.1. The van der Waals surface area contributed by atoms with Crippen LogP contribution in [0, 0.1) is 0 Å². The summed E-state index contributed by atoms with van der Waals surface area (Å²) in [7, 11) is 0. The van der Waals surface area contributed by atoms with Crippen LogP contribution in [0.1, 0.15) is 16.2 Å². The molecule has 1 fully saturated rings. The second-order valence-electron chi connectivity index (χ2n) is 4.50. The number of aromatic nitrogens is 3. The van der Waals surface area contributed by atoms with Crippen LogP contribution < -0.4 is 0 Å². The highest BCUT2D eigenvalue weighted by Gasteiger charge is 2.23. The number of nitrogens with one attached hydrogen (secondary N) is 1. The number of carbonyl (C=O) groups is 1. The number of nitrogens with zero attached hydrogens (tertiary/aromatic N) is 4. The summed E-state index contributed by atoms with van der Waals surface area (Å²) in [5, 5.41) is 9.93. The van der Waals surface area contributed by atoms with E-state index in [1.165, 1.54) is 6.20 Å². The SMILES string of the molecule is O=C(c1cn[nH]n1)N1CCN(Cc2ccco2)CC1. The highest BCUT2D eigenvalue weighted by Crippen LogP contribution is 2.10. The van der Waals surface area contributed by atoms with Gasteiger partial charge in [0, 0.05) is 26.2 Å². The molecule has 0 spiro atoms. The quantitative estimate of drug-likeness (QED) is 0.863. The number of furan rings is 1. The van der Waals surface area contributed by atoms with Gasteiger partial charge in [-0.05, 0) is 12.1 Å². The van der Waals surface area contributed by atoms with Crippen molar-refractivity contribution in [2.24, 2.45) is 0 Å². The average molecular weight is 261 g/mol. The van der Waals surface area contributed by atoms with Gasteiger partial charge in [0.1, 0.15) is 5.76 Å².